The zero-order valence-electron chi connectivity index (χ0n) is 13.7. The largest absolute Gasteiger partial charge is 0.274 e. The van der Waals surface area contributed by atoms with Crippen molar-refractivity contribution in [1.82, 2.24) is 9.78 Å². The number of aromatic nitrogens is 2. The quantitative estimate of drug-likeness (QED) is 0.363. The van der Waals surface area contributed by atoms with E-state index in [1.54, 1.807) is 0 Å². The molecule has 3 heteroatoms. The van der Waals surface area contributed by atoms with Crippen LogP contribution in [0.15, 0.2) is 6.20 Å². The summed E-state index contributed by atoms with van der Waals surface area (Å²) in [6.07, 6.45) is 14.1. The van der Waals surface area contributed by atoms with Crippen LogP contribution in [-0.4, -0.2) is 9.78 Å². The third kappa shape index (κ3) is 5.38. The van der Waals surface area contributed by atoms with Crippen LogP contribution in [0.25, 0.3) is 0 Å². The van der Waals surface area contributed by atoms with E-state index in [2.05, 4.69) is 49.6 Å². The van der Waals surface area contributed by atoms with Gasteiger partial charge < -0.3 is 0 Å². The Balaban J connectivity index is 2.74. The Morgan fingerprint density at radius 3 is 2.10 bits per heavy atom. The van der Waals surface area contributed by atoms with E-state index in [9.17, 15) is 0 Å². The lowest BCUT2D eigenvalue weighted by molar-refractivity contribution is 0.352. The second-order valence-corrected chi connectivity index (χ2v) is 7.49. The van der Waals surface area contributed by atoms with E-state index in [4.69, 9.17) is 5.10 Å². The van der Waals surface area contributed by atoms with Gasteiger partial charge in [-0.1, -0.05) is 65.7 Å². The van der Waals surface area contributed by atoms with Gasteiger partial charge in [0.25, 0.3) is 0 Å². The summed E-state index contributed by atoms with van der Waals surface area (Å²) in [6, 6.07) is 0. The molecular formula is C17H31IN2. The first-order chi connectivity index (χ1) is 9.53. The standard InChI is InChI=1S/C17H31IN2/c1-5-7-9-11-13-17(3,12-10-8-6-2)16-15(18)14-20(4)19-16/h14H,5-13H2,1-4H3. The molecule has 1 aromatic rings. The fourth-order valence-corrected chi connectivity index (χ4v) is 4.10. The summed E-state index contributed by atoms with van der Waals surface area (Å²) in [4.78, 5) is 0. The van der Waals surface area contributed by atoms with Crippen molar-refractivity contribution in [3.05, 3.63) is 15.5 Å². The lowest BCUT2D eigenvalue weighted by Crippen LogP contribution is -2.24. The highest BCUT2D eigenvalue weighted by atomic mass is 127. The fourth-order valence-electron chi connectivity index (χ4n) is 2.94. The molecule has 0 saturated heterocycles. The van der Waals surface area contributed by atoms with Gasteiger partial charge >= 0.3 is 0 Å². The van der Waals surface area contributed by atoms with E-state index in [1.165, 1.54) is 67.1 Å². The molecule has 0 spiro atoms. The van der Waals surface area contributed by atoms with Gasteiger partial charge in [-0.25, -0.2) is 0 Å². The van der Waals surface area contributed by atoms with Crippen molar-refractivity contribution < 1.29 is 0 Å². The first-order valence-corrected chi connectivity index (χ1v) is 9.31. The van der Waals surface area contributed by atoms with E-state index in [1.807, 2.05) is 11.7 Å². The lowest BCUT2D eigenvalue weighted by Gasteiger charge is -2.28. The van der Waals surface area contributed by atoms with Crippen LogP contribution in [0.3, 0.4) is 0 Å². The number of unbranched alkanes of at least 4 members (excludes halogenated alkanes) is 5. The highest BCUT2D eigenvalue weighted by molar-refractivity contribution is 14.1. The van der Waals surface area contributed by atoms with Gasteiger partial charge in [-0.2, -0.15) is 5.10 Å². The van der Waals surface area contributed by atoms with Crippen LogP contribution in [-0.2, 0) is 12.5 Å². The van der Waals surface area contributed by atoms with E-state index in [-0.39, 0.29) is 5.41 Å². The van der Waals surface area contributed by atoms with Gasteiger partial charge in [-0.05, 0) is 35.4 Å². The van der Waals surface area contributed by atoms with Crippen LogP contribution < -0.4 is 0 Å². The van der Waals surface area contributed by atoms with Crippen LogP contribution in [0.1, 0.15) is 84.3 Å². The molecule has 0 amide bonds. The van der Waals surface area contributed by atoms with Gasteiger partial charge in [0.05, 0.1) is 9.26 Å². The second-order valence-electron chi connectivity index (χ2n) is 6.33. The fraction of sp³-hybridized carbons (Fsp3) is 0.824. The summed E-state index contributed by atoms with van der Waals surface area (Å²) in [5, 5.41) is 4.77. The van der Waals surface area contributed by atoms with Gasteiger partial charge in [0.15, 0.2) is 0 Å². The number of hydrogen-bond donors (Lipinski definition) is 0. The summed E-state index contributed by atoms with van der Waals surface area (Å²) < 4.78 is 3.31. The number of nitrogens with zero attached hydrogens (tertiary/aromatic N) is 2. The van der Waals surface area contributed by atoms with Crippen molar-refractivity contribution in [2.75, 3.05) is 0 Å². The minimum Gasteiger partial charge on any atom is -0.274 e. The molecule has 2 nitrogen and oxygen atoms in total. The highest BCUT2D eigenvalue weighted by Gasteiger charge is 2.30. The minimum atomic E-state index is 0.265. The van der Waals surface area contributed by atoms with Crippen molar-refractivity contribution >= 4 is 22.6 Å². The minimum absolute atomic E-state index is 0.265. The van der Waals surface area contributed by atoms with E-state index >= 15 is 0 Å². The predicted octanol–water partition coefficient (Wildman–Crippen LogP) is 5.83. The van der Waals surface area contributed by atoms with Crippen LogP contribution in [0.2, 0.25) is 0 Å². The average molecular weight is 390 g/mol. The van der Waals surface area contributed by atoms with E-state index in [0.29, 0.717) is 0 Å². The average Bonchev–Trinajstić information content (AvgIpc) is 2.75. The zero-order chi connectivity index (χ0) is 15.0. The molecule has 20 heavy (non-hydrogen) atoms. The van der Waals surface area contributed by atoms with Gasteiger partial charge in [0.2, 0.25) is 0 Å². The summed E-state index contributed by atoms with van der Waals surface area (Å²) in [5.74, 6) is 0. The van der Waals surface area contributed by atoms with Crippen LogP contribution in [0.4, 0.5) is 0 Å². The maximum atomic E-state index is 4.77. The van der Waals surface area contributed by atoms with E-state index < -0.39 is 0 Å². The number of rotatable bonds is 10. The zero-order valence-corrected chi connectivity index (χ0v) is 15.9. The van der Waals surface area contributed by atoms with E-state index in [0.717, 1.165) is 0 Å². The molecule has 0 fully saturated rings. The summed E-state index contributed by atoms with van der Waals surface area (Å²) in [5.41, 5.74) is 1.59. The maximum Gasteiger partial charge on any atom is 0.0816 e. The Hall–Kier alpha value is -0.0600. The predicted molar refractivity (Wildman–Crippen MR) is 96.2 cm³/mol. The molecular weight excluding hydrogens is 359 g/mol. The van der Waals surface area contributed by atoms with Crippen molar-refractivity contribution in [2.45, 2.75) is 84.0 Å². The SMILES string of the molecule is CCCCCCC(C)(CCCCC)c1nn(C)cc1I. The van der Waals surface area contributed by atoms with Gasteiger partial charge in [-0.15, -0.1) is 0 Å². The van der Waals surface area contributed by atoms with Crippen molar-refractivity contribution in [3.8, 4) is 0 Å². The lowest BCUT2D eigenvalue weighted by atomic mass is 9.77. The second kappa shape index (κ2) is 9.06. The molecule has 1 unspecified atom stereocenters. The smallest absolute Gasteiger partial charge is 0.0816 e. The Bertz CT molecular complexity index is 386. The van der Waals surface area contributed by atoms with Crippen molar-refractivity contribution in [2.24, 2.45) is 7.05 Å². The molecule has 0 N–H and O–H groups in total. The number of halogens is 1. The molecule has 0 saturated carbocycles. The third-order valence-corrected chi connectivity index (χ3v) is 5.06. The molecule has 0 aliphatic heterocycles. The number of hydrogen-bond acceptors (Lipinski definition) is 1. The maximum absolute atomic E-state index is 4.77. The van der Waals surface area contributed by atoms with Crippen molar-refractivity contribution in [1.29, 1.82) is 0 Å². The van der Waals surface area contributed by atoms with Crippen LogP contribution in [0, 0.1) is 3.57 Å². The molecule has 0 aliphatic rings. The molecule has 0 radical (unpaired) electrons. The summed E-state index contributed by atoms with van der Waals surface area (Å²) in [6.45, 7) is 6.99. The van der Waals surface area contributed by atoms with Crippen molar-refractivity contribution in [3.63, 3.8) is 0 Å². The first-order valence-electron chi connectivity index (χ1n) is 8.23. The Kier molecular flexibility index (Phi) is 8.15. The molecule has 1 heterocycles. The molecule has 1 rings (SSSR count). The molecule has 0 bridgehead atoms. The molecule has 0 aromatic carbocycles. The number of aryl methyl sites for hydroxylation is 1. The topological polar surface area (TPSA) is 17.8 Å². The van der Waals surface area contributed by atoms with Crippen LogP contribution in [0.5, 0.6) is 0 Å². The monoisotopic (exact) mass is 390 g/mol. The van der Waals surface area contributed by atoms with Gasteiger partial charge in [0.1, 0.15) is 0 Å². The first kappa shape index (κ1) is 18.0. The Labute approximate surface area is 138 Å². The molecule has 1 atom stereocenters. The third-order valence-electron chi connectivity index (χ3n) is 4.27. The van der Waals surface area contributed by atoms with Crippen LogP contribution >= 0.6 is 22.6 Å². The normalized spacial score (nSPS) is 14.4. The Morgan fingerprint density at radius 1 is 1.05 bits per heavy atom. The molecule has 1 aromatic heterocycles. The summed E-state index contributed by atoms with van der Waals surface area (Å²) in [7, 11) is 2.04. The molecule has 116 valence electrons. The Morgan fingerprint density at radius 2 is 1.60 bits per heavy atom. The summed E-state index contributed by atoms with van der Waals surface area (Å²) >= 11 is 2.45. The van der Waals surface area contributed by atoms with Gasteiger partial charge in [0, 0.05) is 18.7 Å². The highest BCUT2D eigenvalue weighted by Crippen LogP contribution is 2.36. The molecule has 0 aliphatic carbocycles. The van der Waals surface area contributed by atoms with Gasteiger partial charge in [-0.3, -0.25) is 4.68 Å².